The summed E-state index contributed by atoms with van der Waals surface area (Å²) in [7, 11) is 0. The van der Waals surface area contributed by atoms with Gasteiger partial charge in [0.1, 0.15) is 0 Å². The van der Waals surface area contributed by atoms with E-state index in [0.717, 1.165) is 12.6 Å². The predicted molar refractivity (Wildman–Crippen MR) is 89.6 cm³/mol. The number of fused-ring (bicyclic) bond motifs is 1. The molecule has 0 saturated heterocycles. The first-order valence-corrected chi connectivity index (χ1v) is 8.92. The van der Waals surface area contributed by atoms with Gasteiger partial charge in [0.2, 0.25) is 0 Å². The standard InChI is InChI=1S/C19H30N2/c1-3-13-20-19-17-8-6-5-7-15(17)9-12-18(19)21(14-4-2)16-10-11-16/h5-8,16,18-20H,3-4,9-14H2,1-2H3. The van der Waals surface area contributed by atoms with Crippen LogP contribution in [0.15, 0.2) is 24.3 Å². The molecule has 1 aromatic carbocycles. The zero-order chi connectivity index (χ0) is 14.7. The smallest absolute Gasteiger partial charge is 0.0481 e. The largest absolute Gasteiger partial charge is 0.309 e. The van der Waals surface area contributed by atoms with Crippen molar-refractivity contribution >= 4 is 0 Å². The fraction of sp³-hybridized carbons (Fsp3) is 0.684. The molecule has 0 radical (unpaired) electrons. The molecule has 2 aliphatic rings. The van der Waals surface area contributed by atoms with Gasteiger partial charge in [-0.3, -0.25) is 4.90 Å². The molecule has 2 heteroatoms. The molecular weight excluding hydrogens is 256 g/mol. The Labute approximate surface area is 129 Å². The maximum Gasteiger partial charge on any atom is 0.0481 e. The normalized spacial score (nSPS) is 25.1. The average molecular weight is 286 g/mol. The van der Waals surface area contributed by atoms with Crippen LogP contribution in [0.25, 0.3) is 0 Å². The fourth-order valence-electron chi connectivity index (χ4n) is 3.93. The minimum atomic E-state index is 0.530. The van der Waals surface area contributed by atoms with Gasteiger partial charge in [-0.05, 0) is 62.7 Å². The molecule has 21 heavy (non-hydrogen) atoms. The average Bonchev–Trinajstić information content (AvgIpc) is 3.35. The fourth-order valence-corrected chi connectivity index (χ4v) is 3.93. The Kier molecular flexibility index (Phi) is 4.97. The molecule has 0 spiro atoms. The van der Waals surface area contributed by atoms with E-state index in [-0.39, 0.29) is 0 Å². The Morgan fingerprint density at radius 2 is 1.90 bits per heavy atom. The zero-order valence-electron chi connectivity index (χ0n) is 13.6. The number of aryl methyl sites for hydroxylation is 1. The second-order valence-electron chi connectivity index (χ2n) is 6.71. The van der Waals surface area contributed by atoms with Crippen molar-refractivity contribution in [1.82, 2.24) is 10.2 Å². The van der Waals surface area contributed by atoms with Crippen molar-refractivity contribution < 1.29 is 0 Å². The summed E-state index contributed by atoms with van der Waals surface area (Å²) in [6, 6.07) is 11.2. The number of nitrogens with one attached hydrogen (secondary N) is 1. The summed E-state index contributed by atoms with van der Waals surface area (Å²) < 4.78 is 0. The molecule has 0 bridgehead atoms. The molecule has 0 aliphatic heterocycles. The van der Waals surface area contributed by atoms with Crippen LogP contribution in [0, 0.1) is 0 Å². The molecule has 2 aliphatic carbocycles. The molecule has 1 saturated carbocycles. The molecule has 0 heterocycles. The van der Waals surface area contributed by atoms with Crippen LogP contribution in [0.5, 0.6) is 0 Å². The minimum absolute atomic E-state index is 0.530. The maximum atomic E-state index is 3.86. The van der Waals surface area contributed by atoms with E-state index in [1.165, 1.54) is 45.1 Å². The summed E-state index contributed by atoms with van der Waals surface area (Å²) in [4.78, 5) is 2.82. The van der Waals surface area contributed by atoms with Crippen molar-refractivity contribution in [3.05, 3.63) is 35.4 Å². The lowest BCUT2D eigenvalue weighted by molar-refractivity contribution is 0.131. The lowest BCUT2D eigenvalue weighted by Crippen LogP contribution is -2.48. The highest BCUT2D eigenvalue weighted by Crippen LogP contribution is 2.38. The van der Waals surface area contributed by atoms with E-state index in [1.54, 1.807) is 11.1 Å². The second kappa shape index (κ2) is 6.93. The number of benzene rings is 1. The Hall–Kier alpha value is -0.860. The maximum absolute atomic E-state index is 3.86. The Morgan fingerprint density at radius 3 is 2.62 bits per heavy atom. The summed E-state index contributed by atoms with van der Waals surface area (Å²) in [5.41, 5.74) is 3.12. The van der Waals surface area contributed by atoms with Crippen LogP contribution >= 0.6 is 0 Å². The highest BCUT2D eigenvalue weighted by Gasteiger charge is 2.39. The molecule has 1 fully saturated rings. The summed E-state index contributed by atoms with van der Waals surface area (Å²) in [6.07, 6.45) is 7.88. The van der Waals surface area contributed by atoms with Gasteiger partial charge in [0, 0.05) is 18.1 Å². The van der Waals surface area contributed by atoms with E-state index in [4.69, 9.17) is 0 Å². The SMILES string of the molecule is CCCNC1c2ccccc2CCC1N(CCC)C1CC1. The molecule has 0 aromatic heterocycles. The number of rotatable bonds is 7. The molecule has 2 atom stereocenters. The van der Waals surface area contributed by atoms with Gasteiger partial charge >= 0.3 is 0 Å². The van der Waals surface area contributed by atoms with Crippen LogP contribution in [-0.2, 0) is 6.42 Å². The molecule has 116 valence electrons. The Balaban J connectivity index is 1.84. The third kappa shape index (κ3) is 3.32. The van der Waals surface area contributed by atoms with Crippen LogP contribution in [0.2, 0.25) is 0 Å². The van der Waals surface area contributed by atoms with Gasteiger partial charge in [0.25, 0.3) is 0 Å². The second-order valence-corrected chi connectivity index (χ2v) is 6.71. The van der Waals surface area contributed by atoms with Crippen molar-refractivity contribution in [2.45, 2.75) is 70.5 Å². The molecular formula is C19H30N2. The van der Waals surface area contributed by atoms with Crippen LogP contribution in [0.3, 0.4) is 0 Å². The van der Waals surface area contributed by atoms with Gasteiger partial charge in [-0.25, -0.2) is 0 Å². The quantitative estimate of drug-likeness (QED) is 0.817. The lowest BCUT2D eigenvalue weighted by atomic mass is 9.83. The first-order valence-electron chi connectivity index (χ1n) is 8.92. The molecule has 1 aromatic rings. The zero-order valence-corrected chi connectivity index (χ0v) is 13.6. The molecule has 0 amide bonds. The summed E-state index contributed by atoms with van der Waals surface area (Å²) in [5.74, 6) is 0. The molecule has 3 rings (SSSR count). The lowest BCUT2D eigenvalue weighted by Gasteiger charge is -2.42. The first-order chi connectivity index (χ1) is 10.3. The highest BCUT2D eigenvalue weighted by molar-refractivity contribution is 5.34. The third-order valence-electron chi connectivity index (χ3n) is 5.02. The first kappa shape index (κ1) is 15.1. The van der Waals surface area contributed by atoms with Gasteiger partial charge < -0.3 is 5.32 Å². The third-order valence-corrected chi connectivity index (χ3v) is 5.02. The van der Waals surface area contributed by atoms with E-state index < -0.39 is 0 Å². The van der Waals surface area contributed by atoms with E-state index in [1.807, 2.05) is 0 Å². The molecule has 2 unspecified atom stereocenters. The van der Waals surface area contributed by atoms with Gasteiger partial charge in [0.15, 0.2) is 0 Å². The van der Waals surface area contributed by atoms with Gasteiger partial charge in [0.05, 0.1) is 0 Å². The Bertz CT molecular complexity index is 453. The number of hydrogen-bond donors (Lipinski definition) is 1. The van der Waals surface area contributed by atoms with E-state index in [2.05, 4.69) is 48.3 Å². The van der Waals surface area contributed by atoms with Gasteiger partial charge in [-0.2, -0.15) is 0 Å². The number of nitrogens with zero attached hydrogens (tertiary/aromatic N) is 1. The van der Waals surface area contributed by atoms with Crippen molar-refractivity contribution in [1.29, 1.82) is 0 Å². The predicted octanol–water partition coefficient (Wildman–Crippen LogP) is 3.92. The van der Waals surface area contributed by atoms with Gasteiger partial charge in [-0.15, -0.1) is 0 Å². The van der Waals surface area contributed by atoms with Crippen LogP contribution in [0.1, 0.15) is 63.1 Å². The Morgan fingerprint density at radius 1 is 1.10 bits per heavy atom. The van der Waals surface area contributed by atoms with Crippen LogP contribution in [-0.4, -0.2) is 30.1 Å². The van der Waals surface area contributed by atoms with Crippen molar-refractivity contribution in [3.8, 4) is 0 Å². The summed E-state index contributed by atoms with van der Waals surface area (Å²) >= 11 is 0. The van der Waals surface area contributed by atoms with E-state index in [9.17, 15) is 0 Å². The molecule has 2 nitrogen and oxygen atoms in total. The van der Waals surface area contributed by atoms with Crippen molar-refractivity contribution in [3.63, 3.8) is 0 Å². The van der Waals surface area contributed by atoms with E-state index >= 15 is 0 Å². The monoisotopic (exact) mass is 286 g/mol. The summed E-state index contributed by atoms with van der Waals surface area (Å²) in [6.45, 7) is 6.98. The van der Waals surface area contributed by atoms with Crippen LogP contribution < -0.4 is 5.32 Å². The molecule has 1 N–H and O–H groups in total. The van der Waals surface area contributed by atoms with E-state index in [0.29, 0.717) is 12.1 Å². The minimum Gasteiger partial charge on any atom is -0.309 e. The summed E-state index contributed by atoms with van der Waals surface area (Å²) in [5, 5.41) is 3.86. The van der Waals surface area contributed by atoms with Gasteiger partial charge in [-0.1, -0.05) is 38.1 Å². The van der Waals surface area contributed by atoms with Crippen molar-refractivity contribution in [2.75, 3.05) is 13.1 Å². The highest BCUT2D eigenvalue weighted by atomic mass is 15.2. The van der Waals surface area contributed by atoms with Crippen LogP contribution in [0.4, 0.5) is 0 Å². The topological polar surface area (TPSA) is 15.3 Å². The van der Waals surface area contributed by atoms with Crippen molar-refractivity contribution in [2.24, 2.45) is 0 Å². The number of hydrogen-bond acceptors (Lipinski definition) is 2.